The highest BCUT2D eigenvalue weighted by Crippen LogP contribution is 2.31. The molecule has 0 aliphatic carbocycles. The van der Waals surface area contributed by atoms with Gasteiger partial charge < -0.3 is 14.2 Å². The Morgan fingerprint density at radius 3 is 2.65 bits per heavy atom. The zero-order valence-corrected chi connectivity index (χ0v) is 16.1. The van der Waals surface area contributed by atoms with E-state index in [9.17, 15) is 0 Å². The highest BCUT2D eigenvalue weighted by atomic mass is 16.5. The summed E-state index contributed by atoms with van der Waals surface area (Å²) in [5, 5.41) is 1.45. The molecule has 4 rings (SSSR count). The number of hydrogen-bond donors (Lipinski definition) is 0. The van der Waals surface area contributed by atoms with Gasteiger partial charge in [0.05, 0.1) is 7.11 Å². The van der Waals surface area contributed by atoms with Crippen molar-refractivity contribution in [3.8, 4) is 5.75 Å². The molecule has 1 aliphatic rings. The molecule has 136 valence electrons. The van der Waals surface area contributed by atoms with Crippen LogP contribution in [-0.4, -0.2) is 30.2 Å². The molecule has 0 radical (unpaired) electrons. The van der Waals surface area contributed by atoms with Gasteiger partial charge in [-0.1, -0.05) is 23.8 Å². The van der Waals surface area contributed by atoms with Crippen LogP contribution in [-0.2, 0) is 25.9 Å². The number of hydrogen-bond acceptors (Lipinski definition) is 2. The molecule has 0 amide bonds. The van der Waals surface area contributed by atoms with Crippen molar-refractivity contribution in [3.05, 3.63) is 64.8 Å². The van der Waals surface area contributed by atoms with E-state index < -0.39 is 0 Å². The first-order valence-electron chi connectivity index (χ1n) is 9.58. The quantitative estimate of drug-likeness (QED) is 0.671. The normalized spacial score (nSPS) is 14.6. The number of likely N-dealkylation sites (N-methyl/N-ethyl adjacent to an activating group) is 1. The number of aromatic nitrogens is 1. The van der Waals surface area contributed by atoms with Crippen molar-refractivity contribution in [2.24, 2.45) is 0 Å². The largest absolute Gasteiger partial charge is 0.497 e. The number of aryl methyl sites for hydroxylation is 3. The zero-order chi connectivity index (χ0) is 18.1. The minimum absolute atomic E-state index is 0.929. The summed E-state index contributed by atoms with van der Waals surface area (Å²) in [5.41, 5.74) is 7.24. The molecule has 0 spiro atoms. The zero-order valence-electron chi connectivity index (χ0n) is 16.1. The van der Waals surface area contributed by atoms with Gasteiger partial charge in [-0.2, -0.15) is 0 Å². The van der Waals surface area contributed by atoms with Gasteiger partial charge in [0.2, 0.25) is 0 Å². The van der Waals surface area contributed by atoms with E-state index in [2.05, 4.69) is 65.9 Å². The first-order chi connectivity index (χ1) is 12.7. The number of rotatable bonds is 5. The van der Waals surface area contributed by atoms with E-state index in [0.717, 1.165) is 44.6 Å². The van der Waals surface area contributed by atoms with Crippen LogP contribution in [0, 0.1) is 6.92 Å². The lowest BCUT2D eigenvalue weighted by atomic mass is 10.0. The molecule has 1 aromatic heterocycles. The monoisotopic (exact) mass is 348 g/mol. The fourth-order valence-corrected chi connectivity index (χ4v) is 4.19. The molecule has 1 aliphatic heterocycles. The summed E-state index contributed by atoms with van der Waals surface area (Å²) >= 11 is 0. The molecule has 0 saturated heterocycles. The van der Waals surface area contributed by atoms with Crippen LogP contribution < -0.4 is 4.74 Å². The second-order valence-corrected chi connectivity index (χ2v) is 7.54. The predicted octanol–water partition coefficient (Wildman–Crippen LogP) is 4.58. The summed E-state index contributed by atoms with van der Waals surface area (Å²) in [5.74, 6) is 0.929. The second-order valence-electron chi connectivity index (χ2n) is 7.54. The molecule has 2 heterocycles. The average Bonchev–Trinajstić information content (AvgIpc) is 2.95. The first-order valence-corrected chi connectivity index (χ1v) is 9.58. The molecule has 3 heteroatoms. The second kappa shape index (κ2) is 7.16. The van der Waals surface area contributed by atoms with Crippen molar-refractivity contribution in [2.75, 3.05) is 20.7 Å². The summed E-state index contributed by atoms with van der Waals surface area (Å²) in [6.07, 6.45) is 3.42. The standard InChI is InChI=1S/C23H28N2O/c1-17-6-11-22-20(15-17)21-16-24(2)14-12-23(21)25(22)13-4-5-18-7-9-19(26-3)10-8-18/h6-11,15H,4-5,12-14,16H2,1-3H3. The molecule has 3 aromatic rings. The van der Waals surface area contributed by atoms with E-state index in [4.69, 9.17) is 4.74 Å². The summed E-state index contributed by atoms with van der Waals surface area (Å²) in [6.45, 7) is 5.51. The third-order valence-corrected chi connectivity index (χ3v) is 5.61. The number of nitrogens with zero attached hydrogens (tertiary/aromatic N) is 2. The maximum absolute atomic E-state index is 5.25. The van der Waals surface area contributed by atoms with Crippen LogP contribution in [0.25, 0.3) is 10.9 Å². The molecule has 0 unspecified atom stereocenters. The third kappa shape index (κ3) is 3.24. The smallest absolute Gasteiger partial charge is 0.118 e. The maximum Gasteiger partial charge on any atom is 0.118 e. The van der Waals surface area contributed by atoms with Crippen molar-refractivity contribution >= 4 is 10.9 Å². The molecular weight excluding hydrogens is 320 g/mol. The van der Waals surface area contributed by atoms with Crippen molar-refractivity contribution in [3.63, 3.8) is 0 Å². The Labute approximate surface area is 156 Å². The summed E-state index contributed by atoms with van der Waals surface area (Å²) < 4.78 is 7.84. The van der Waals surface area contributed by atoms with E-state index >= 15 is 0 Å². The molecule has 0 saturated carbocycles. The number of benzene rings is 2. The van der Waals surface area contributed by atoms with Crippen LogP contribution in [0.5, 0.6) is 5.75 Å². The number of fused-ring (bicyclic) bond motifs is 3. The summed E-state index contributed by atoms with van der Waals surface area (Å²) in [7, 11) is 3.94. The van der Waals surface area contributed by atoms with Gasteiger partial charge >= 0.3 is 0 Å². The van der Waals surface area contributed by atoms with Gasteiger partial charge in [0, 0.05) is 42.7 Å². The molecule has 3 nitrogen and oxygen atoms in total. The Bertz CT molecular complexity index is 908. The Kier molecular flexibility index (Phi) is 4.73. The van der Waals surface area contributed by atoms with Crippen LogP contribution in [0.1, 0.15) is 28.8 Å². The Balaban J connectivity index is 1.57. The Morgan fingerprint density at radius 1 is 1.08 bits per heavy atom. The van der Waals surface area contributed by atoms with E-state index in [1.54, 1.807) is 18.4 Å². The Hall–Kier alpha value is -2.26. The number of ether oxygens (including phenoxy) is 1. The van der Waals surface area contributed by atoms with Crippen molar-refractivity contribution in [1.29, 1.82) is 0 Å². The van der Waals surface area contributed by atoms with Crippen molar-refractivity contribution in [2.45, 2.75) is 39.3 Å². The van der Waals surface area contributed by atoms with E-state index in [1.807, 2.05) is 0 Å². The van der Waals surface area contributed by atoms with E-state index in [0.29, 0.717) is 0 Å². The fourth-order valence-electron chi connectivity index (χ4n) is 4.19. The van der Waals surface area contributed by atoms with Crippen molar-refractivity contribution in [1.82, 2.24) is 9.47 Å². The van der Waals surface area contributed by atoms with E-state index in [-0.39, 0.29) is 0 Å². The Morgan fingerprint density at radius 2 is 1.88 bits per heavy atom. The highest BCUT2D eigenvalue weighted by Gasteiger charge is 2.22. The third-order valence-electron chi connectivity index (χ3n) is 5.61. The first kappa shape index (κ1) is 17.2. The minimum atomic E-state index is 0.929. The van der Waals surface area contributed by atoms with Gasteiger partial charge in [-0.15, -0.1) is 0 Å². The van der Waals surface area contributed by atoms with Crippen LogP contribution in [0.3, 0.4) is 0 Å². The van der Waals surface area contributed by atoms with E-state index in [1.165, 1.54) is 22.0 Å². The highest BCUT2D eigenvalue weighted by molar-refractivity contribution is 5.86. The lowest BCUT2D eigenvalue weighted by Crippen LogP contribution is -2.27. The topological polar surface area (TPSA) is 17.4 Å². The summed E-state index contributed by atoms with van der Waals surface area (Å²) in [6, 6.07) is 15.4. The van der Waals surface area contributed by atoms with Gasteiger partial charge in [0.25, 0.3) is 0 Å². The minimum Gasteiger partial charge on any atom is -0.497 e. The molecule has 0 bridgehead atoms. The SMILES string of the molecule is COc1ccc(CCCn2c3c(c4cc(C)ccc42)CN(C)CC3)cc1. The van der Waals surface area contributed by atoms with Gasteiger partial charge in [-0.25, -0.2) is 0 Å². The lowest BCUT2D eigenvalue weighted by molar-refractivity contribution is 0.309. The molecule has 0 fully saturated rings. The predicted molar refractivity (Wildman–Crippen MR) is 108 cm³/mol. The van der Waals surface area contributed by atoms with Gasteiger partial charge in [-0.05, 0) is 62.2 Å². The number of methoxy groups -OCH3 is 1. The molecule has 26 heavy (non-hydrogen) atoms. The molecule has 0 atom stereocenters. The van der Waals surface area contributed by atoms with Crippen LogP contribution in [0.15, 0.2) is 42.5 Å². The maximum atomic E-state index is 5.25. The molecule has 0 N–H and O–H groups in total. The van der Waals surface area contributed by atoms with Crippen LogP contribution in [0.4, 0.5) is 0 Å². The fraction of sp³-hybridized carbons (Fsp3) is 0.391. The summed E-state index contributed by atoms with van der Waals surface area (Å²) in [4.78, 5) is 2.44. The average molecular weight is 348 g/mol. The molecular formula is C23H28N2O. The van der Waals surface area contributed by atoms with Gasteiger partial charge in [0.1, 0.15) is 5.75 Å². The lowest BCUT2D eigenvalue weighted by Gasteiger charge is -2.24. The molecule has 2 aromatic carbocycles. The van der Waals surface area contributed by atoms with Gasteiger partial charge in [-0.3, -0.25) is 0 Å². The van der Waals surface area contributed by atoms with Gasteiger partial charge in [0.15, 0.2) is 0 Å². The van der Waals surface area contributed by atoms with Crippen LogP contribution >= 0.6 is 0 Å². The van der Waals surface area contributed by atoms with Crippen molar-refractivity contribution < 1.29 is 4.74 Å². The van der Waals surface area contributed by atoms with Crippen LogP contribution in [0.2, 0.25) is 0 Å².